The second-order valence-corrected chi connectivity index (χ2v) is 8.66. The first-order chi connectivity index (χ1) is 15.0. The Kier molecular flexibility index (Phi) is 7.94. The van der Waals surface area contributed by atoms with Gasteiger partial charge in [0.15, 0.2) is 16.6 Å². The lowest BCUT2D eigenvalue weighted by Crippen LogP contribution is -2.35. The third kappa shape index (κ3) is 5.38. The van der Waals surface area contributed by atoms with Gasteiger partial charge in [0, 0.05) is 19.6 Å². The lowest BCUT2D eigenvalue weighted by Gasteiger charge is -2.17. The Morgan fingerprint density at radius 2 is 1.87 bits per heavy atom. The number of aromatic nitrogens is 1. The van der Waals surface area contributed by atoms with E-state index in [1.807, 2.05) is 6.07 Å². The van der Waals surface area contributed by atoms with Gasteiger partial charge in [0.25, 0.3) is 5.91 Å². The van der Waals surface area contributed by atoms with Gasteiger partial charge in [0.1, 0.15) is 17.5 Å². The van der Waals surface area contributed by atoms with Gasteiger partial charge in [-0.05, 0) is 32.0 Å². The first-order valence-corrected chi connectivity index (χ1v) is 11.6. The highest BCUT2D eigenvalue weighted by molar-refractivity contribution is 7.29. The van der Waals surface area contributed by atoms with Crippen LogP contribution in [-0.2, 0) is 0 Å². The number of hydrogen-bond donors (Lipinski definition) is 2. The number of aliphatic hydroxyl groups excluding tert-OH is 1. The maximum atomic E-state index is 12.5. The highest BCUT2D eigenvalue weighted by Gasteiger charge is 2.18. The Balaban J connectivity index is 1.55. The van der Waals surface area contributed by atoms with E-state index >= 15 is 0 Å². The number of carbonyl (C=O) groups excluding carboxylic acids is 1. The summed E-state index contributed by atoms with van der Waals surface area (Å²) in [5.41, 5.74) is 0. The van der Waals surface area contributed by atoms with Gasteiger partial charge in [0.05, 0.1) is 23.8 Å². The summed E-state index contributed by atoms with van der Waals surface area (Å²) in [6.07, 6.45) is -0.896. The molecule has 31 heavy (non-hydrogen) atoms. The molecule has 1 amide bonds. The smallest absolute Gasteiger partial charge is 0.261 e. The first-order valence-electron chi connectivity index (χ1n) is 9.96. The number of nitrogens with one attached hydrogen (secondary N) is 1. The zero-order valence-electron chi connectivity index (χ0n) is 18.0. The second kappa shape index (κ2) is 10.7. The maximum absolute atomic E-state index is 12.5. The van der Waals surface area contributed by atoms with Crippen LogP contribution in [0.25, 0.3) is 9.53 Å². The number of hydrogen-bond acceptors (Lipinski definition) is 9. The van der Waals surface area contributed by atoms with Gasteiger partial charge in [-0.3, -0.25) is 4.79 Å². The number of thiophene rings is 1. The van der Waals surface area contributed by atoms with Gasteiger partial charge in [0.2, 0.25) is 5.75 Å². The minimum absolute atomic E-state index is 0.0225. The molecule has 0 fully saturated rings. The Morgan fingerprint density at radius 3 is 2.45 bits per heavy atom. The Hall–Kier alpha value is -2.56. The number of thiazole rings is 1. The molecule has 1 atom stereocenters. The molecular weight excluding hydrogens is 438 g/mol. The van der Waals surface area contributed by atoms with Crippen LogP contribution in [0.15, 0.2) is 24.3 Å². The minimum atomic E-state index is -0.896. The van der Waals surface area contributed by atoms with Gasteiger partial charge in [-0.15, -0.1) is 11.3 Å². The van der Waals surface area contributed by atoms with E-state index in [2.05, 4.69) is 29.0 Å². The molecule has 0 aliphatic rings. The van der Waals surface area contributed by atoms with Crippen LogP contribution in [0, 0.1) is 0 Å². The molecule has 0 saturated carbocycles. The molecule has 3 aromatic rings. The van der Waals surface area contributed by atoms with E-state index in [1.54, 1.807) is 29.5 Å². The summed E-state index contributed by atoms with van der Waals surface area (Å²) in [5, 5.41) is 14.0. The summed E-state index contributed by atoms with van der Waals surface area (Å²) in [7, 11) is 3.06. The monoisotopic (exact) mass is 465 g/mol. The Bertz CT molecular complexity index is 962. The number of fused-ring (bicyclic) bond motifs is 1. The molecule has 0 bridgehead atoms. The average Bonchev–Trinajstić information content (AvgIpc) is 3.36. The van der Waals surface area contributed by atoms with Gasteiger partial charge >= 0.3 is 0 Å². The fourth-order valence-corrected chi connectivity index (χ4v) is 5.22. The van der Waals surface area contributed by atoms with Crippen LogP contribution in [0.4, 0.5) is 5.13 Å². The number of carbonyl (C=O) groups is 1. The predicted molar refractivity (Wildman–Crippen MR) is 124 cm³/mol. The maximum Gasteiger partial charge on any atom is 0.261 e. The molecular formula is C21H27N3O5S2. The van der Waals surface area contributed by atoms with E-state index in [9.17, 15) is 9.90 Å². The first kappa shape index (κ1) is 23.1. The topological polar surface area (TPSA) is 93.2 Å². The second-order valence-electron chi connectivity index (χ2n) is 6.62. The summed E-state index contributed by atoms with van der Waals surface area (Å²) in [4.78, 5) is 20.7. The fraction of sp³-hybridized carbons (Fsp3) is 0.429. The summed E-state index contributed by atoms with van der Waals surface area (Å²) < 4.78 is 17.2. The van der Waals surface area contributed by atoms with Crippen LogP contribution in [-0.4, -0.2) is 62.6 Å². The number of nitrogens with zero attached hydrogens (tertiary/aromatic N) is 2. The summed E-state index contributed by atoms with van der Waals surface area (Å²) in [5.74, 6) is 1.18. The highest BCUT2D eigenvalue weighted by Crippen LogP contribution is 2.37. The van der Waals surface area contributed by atoms with Gasteiger partial charge in [-0.1, -0.05) is 17.4 Å². The third-order valence-electron chi connectivity index (χ3n) is 4.64. The van der Waals surface area contributed by atoms with Crippen LogP contribution in [0.2, 0.25) is 0 Å². The molecule has 0 radical (unpaired) electrons. The van der Waals surface area contributed by atoms with E-state index in [1.165, 1.54) is 25.6 Å². The van der Waals surface area contributed by atoms with Crippen molar-refractivity contribution in [3.05, 3.63) is 29.1 Å². The van der Waals surface area contributed by atoms with Crippen LogP contribution in [0.1, 0.15) is 23.5 Å². The van der Waals surface area contributed by atoms with Crippen molar-refractivity contribution in [2.75, 3.05) is 45.4 Å². The number of benzene rings is 1. The van der Waals surface area contributed by atoms with E-state index < -0.39 is 6.10 Å². The number of anilines is 1. The number of rotatable bonds is 11. The van der Waals surface area contributed by atoms with Crippen LogP contribution >= 0.6 is 22.7 Å². The Labute approximate surface area is 189 Å². The molecule has 8 nitrogen and oxygen atoms in total. The third-order valence-corrected chi connectivity index (χ3v) is 6.86. The van der Waals surface area contributed by atoms with E-state index in [-0.39, 0.29) is 19.1 Å². The zero-order valence-corrected chi connectivity index (χ0v) is 19.6. The zero-order chi connectivity index (χ0) is 22.4. The lowest BCUT2D eigenvalue weighted by atomic mass is 10.3. The number of amides is 1. The Morgan fingerprint density at radius 1 is 1.19 bits per heavy atom. The molecule has 0 aliphatic carbocycles. The van der Waals surface area contributed by atoms with Crippen molar-refractivity contribution in [1.29, 1.82) is 0 Å². The SMILES string of the molecule is CCN(CC)c1nc2sc(C(=O)NCC(O)COc3c(OC)cccc3OC)cc2s1. The standard InChI is InChI=1S/C21H27N3O5S2/c1-5-24(6-2)21-23-20-17(31-21)10-16(30-20)19(26)22-11-13(25)12-29-18-14(27-3)8-7-9-15(18)28-4/h7-10,13,25H,5-6,11-12H2,1-4H3,(H,22,26). The fourth-order valence-electron chi connectivity index (χ4n) is 2.96. The van der Waals surface area contributed by atoms with Gasteiger partial charge in [-0.2, -0.15) is 0 Å². The highest BCUT2D eigenvalue weighted by atomic mass is 32.1. The molecule has 168 valence electrons. The van der Waals surface area contributed by atoms with Crippen LogP contribution in [0.5, 0.6) is 17.2 Å². The quantitative estimate of drug-likeness (QED) is 0.448. The van der Waals surface area contributed by atoms with Gasteiger partial charge < -0.3 is 29.5 Å². The molecule has 0 spiro atoms. The van der Waals surface area contributed by atoms with Crippen LogP contribution < -0.4 is 24.4 Å². The van der Waals surface area contributed by atoms with Crippen LogP contribution in [0.3, 0.4) is 0 Å². The normalized spacial score (nSPS) is 11.9. The molecule has 2 heterocycles. The number of aliphatic hydroxyl groups is 1. The van der Waals surface area contributed by atoms with Crippen molar-refractivity contribution in [2.45, 2.75) is 20.0 Å². The predicted octanol–water partition coefficient (Wildman–Crippen LogP) is 3.39. The molecule has 1 aromatic carbocycles. The molecule has 0 saturated heterocycles. The molecule has 0 aliphatic heterocycles. The molecule has 10 heteroatoms. The summed E-state index contributed by atoms with van der Waals surface area (Å²) in [6, 6.07) is 7.12. The van der Waals surface area contributed by atoms with Gasteiger partial charge in [-0.25, -0.2) is 4.98 Å². The summed E-state index contributed by atoms with van der Waals surface area (Å²) in [6.45, 7) is 6.01. The number of para-hydroxylation sites is 1. The van der Waals surface area contributed by atoms with E-state index in [4.69, 9.17) is 14.2 Å². The van der Waals surface area contributed by atoms with E-state index in [0.717, 1.165) is 27.8 Å². The lowest BCUT2D eigenvalue weighted by molar-refractivity contribution is 0.0837. The number of methoxy groups -OCH3 is 2. The molecule has 3 rings (SSSR count). The average molecular weight is 466 g/mol. The van der Waals surface area contributed by atoms with Crippen molar-refractivity contribution in [2.24, 2.45) is 0 Å². The molecule has 1 unspecified atom stereocenters. The summed E-state index contributed by atoms with van der Waals surface area (Å²) >= 11 is 2.93. The largest absolute Gasteiger partial charge is 0.493 e. The molecule has 2 aromatic heterocycles. The van der Waals surface area contributed by atoms with Crippen molar-refractivity contribution in [1.82, 2.24) is 10.3 Å². The van der Waals surface area contributed by atoms with Crippen molar-refractivity contribution in [3.8, 4) is 17.2 Å². The molecule has 2 N–H and O–H groups in total. The minimum Gasteiger partial charge on any atom is -0.493 e. The van der Waals surface area contributed by atoms with E-state index in [0.29, 0.717) is 22.1 Å². The number of ether oxygens (including phenoxy) is 3. The van der Waals surface area contributed by atoms with Crippen molar-refractivity contribution >= 4 is 43.2 Å². The van der Waals surface area contributed by atoms with Crippen molar-refractivity contribution in [3.63, 3.8) is 0 Å². The van der Waals surface area contributed by atoms with Crippen molar-refractivity contribution < 1.29 is 24.1 Å².